The van der Waals surface area contributed by atoms with Crippen LogP contribution in [-0.4, -0.2) is 19.5 Å². The first-order chi connectivity index (χ1) is 22.3. The third-order valence-electron chi connectivity index (χ3n) is 8.62. The van der Waals surface area contributed by atoms with Gasteiger partial charge in [0, 0.05) is 32.8 Å². The van der Waals surface area contributed by atoms with Gasteiger partial charge in [-0.2, -0.15) is 0 Å². The van der Waals surface area contributed by atoms with Crippen LogP contribution >= 0.6 is 0 Å². The van der Waals surface area contributed by atoms with E-state index in [1.165, 1.54) is 32.6 Å². The van der Waals surface area contributed by atoms with E-state index in [1.807, 2.05) is 60.7 Å². The van der Waals surface area contributed by atoms with Gasteiger partial charge >= 0.3 is 0 Å². The van der Waals surface area contributed by atoms with E-state index in [0.717, 1.165) is 33.2 Å². The van der Waals surface area contributed by atoms with E-state index in [9.17, 15) is 0 Å². The fourth-order valence-electron chi connectivity index (χ4n) is 6.53. The quantitative estimate of drug-likeness (QED) is 0.210. The lowest BCUT2D eigenvalue weighted by Crippen LogP contribution is -2.01. The van der Waals surface area contributed by atoms with Crippen LogP contribution in [0.1, 0.15) is 0 Å². The molecule has 0 unspecified atom stereocenters. The molecule has 0 saturated heterocycles. The van der Waals surface area contributed by atoms with Crippen molar-refractivity contribution in [3.63, 3.8) is 0 Å². The Kier molecular flexibility index (Phi) is 5.78. The van der Waals surface area contributed by atoms with Gasteiger partial charge < -0.3 is 4.57 Å². The zero-order chi connectivity index (χ0) is 29.7. The molecule has 0 fully saturated rings. The molecule has 4 heteroatoms. The molecule has 0 atom stereocenters. The van der Waals surface area contributed by atoms with Crippen LogP contribution in [0.2, 0.25) is 0 Å². The van der Waals surface area contributed by atoms with Crippen molar-refractivity contribution in [2.24, 2.45) is 0 Å². The predicted molar refractivity (Wildman–Crippen MR) is 185 cm³/mol. The number of para-hydroxylation sites is 1. The molecule has 0 N–H and O–H groups in total. The summed E-state index contributed by atoms with van der Waals surface area (Å²) in [5.41, 5.74) is 6.37. The molecule has 0 aliphatic heterocycles. The summed E-state index contributed by atoms with van der Waals surface area (Å²) in [7, 11) is 0. The van der Waals surface area contributed by atoms with E-state index in [1.54, 1.807) is 0 Å². The van der Waals surface area contributed by atoms with E-state index in [-0.39, 0.29) is 0 Å². The minimum absolute atomic E-state index is 0.652. The predicted octanol–water partition coefficient (Wildman–Crippen LogP) is 10.3. The van der Waals surface area contributed by atoms with Gasteiger partial charge in [-0.15, -0.1) is 0 Å². The summed E-state index contributed by atoms with van der Waals surface area (Å²) in [6, 6.07) is 55.1. The summed E-state index contributed by atoms with van der Waals surface area (Å²) in [6.07, 6.45) is 0. The van der Waals surface area contributed by atoms with Gasteiger partial charge in [-0.1, -0.05) is 133 Å². The number of nitrogens with zero attached hydrogens (tertiary/aromatic N) is 4. The number of hydrogen-bond acceptors (Lipinski definition) is 3. The van der Waals surface area contributed by atoms with Crippen molar-refractivity contribution in [3.05, 3.63) is 158 Å². The molecule has 7 aromatic carbocycles. The van der Waals surface area contributed by atoms with E-state index in [4.69, 9.17) is 15.0 Å². The van der Waals surface area contributed by atoms with E-state index < -0.39 is 0 Å². The summed E-state index contributed by atoms with van der Waals surface area (Å²) in [4.78, 5) is 15.0. The number of benzene rings is 7. The highest BCUT2D eigenvalue weighted by molar-refractivity contribution is 6.15. The Balaban J connectivity index is 1.31. The van der Waals surface area contributed by atoms with Crippen LogP contribution in [0, 0.1) is 0 Å². The normalized spacial score (nSPS) is 11.6. The molecule has 9 aromatic rings. The maximum absolute atomic E-state index is 5.05. The summed E-state index contributed by atoms with van der Waals surface area (Å²) in [5.74, 6) is 1.96. The Labute approximate surface area is 259 Å². The minimum Gasteiger partial charge on any atom is -0.309 e. The molecule has 0 bridgehead atoms. The van der Waals surface area contributed by atoms with Crippen molar-refractivity contribution in [2.45, 2.75) is 0 Å². The summed E-state index contributed by atoms with van der Waals surface area (Å²) < 4.78 is 2.40. The Hall–Kier alpha value is -6.13. The van der Waals surface area contributed by atoms with E-state index in [2.05, 4.69) is 102 Å². The Morgan fingerprint density at radius 2 is 0.911 bits per heavy atom. The van der Waals surface area contributed by atoms with Crippen LogP contribution in [0.15, 0.2) is 158 Å². The summed E-state index contributed by atoms with van der Waals surface area (Å²) in [6.45, 7) is 0. The van der Waals surface area contributed by atoms with Crippen LogP contribution < -0.4 is 0 Å². The summed E-state index contributed by atoms with van der Waals surface area (Å²) in [5, 5.41) is 7.17. The molecular weight excluding hydrogens is 548 g/mol. The highest BCUT2D eigenvalue weighted by atomic mass is 15.0. The van der Waals surface area contributed by atoms with E-state index in [0.29, 0.717) is 17.5 Å². The van der Waals surface area contributed by atoms with Crippen LogP contribution in [0.5, 0.6) is 0 Å². The van der Waals surface area contributed by atoms with Gasteiger partial charge in [0.25, 0.3) is 0 Å². The third kappa shape index (κ3) is 4.19. The second kappa shape index (κ2) is 10.2. The molecule has 9 rings (SSSR count). The molecule has 45 heavy (non-hydrogen) atoms. The zero-order valence-electron chi connectivity index (χ0n) is 24.3. The van der Waals surface area contributed by atoms with Crippen LogP contribution in [0.4, 0.5) is 0 Å². The number of fused-ring (bicyclic) bond motifs is 5. The van der Waals surface area contributed by atoms with Crippen molar-refractivity contribution < 1.29 is 0 Å². The Bertz CT molecular complexity index is 2470. The molecule has 0 saturated carbocycles. The second-order valence-electron chi connectivity index (χ2n) is 11.3. The molecule has 0 spiro atoms. The average molecular weight is 575 g/mol. The molecule has 2 heterocycles. The standard InChI is InChI=1S/C41H26N4/c1-3-13-27(14-4-1)39-42-40(28-15-5-2-6-16-28)44-41(43-39)34-22-11-21-32-31(34)20-12-24-37(32)45-36-23-10-9-19-33(36)35-25-29-17-7-8-18-30(29)26-38(35)45/h1-26H. The van der Waals surface area contributed by atoms with Gasteiger partial charge in [0.1, 0.15) is 0 Å². The molecule has 0 radical (unpaired) electrons. The fraction of sp³-hybridized carbons (Fsp3) is 0. The van der Waals surface area contributed by atoms with Gasteiger partial charge in [-0.05, 0) is 40.4 Å². The molecule has 210 valence electrons. The fourth-order valence-corrected chi connectivity index (χ4v) is 6.53. The van der Waals surface area contributed by atoms with Gasteiger partial charge in [-0.25, -0.2) is 15.0 Å². The SMILES string of the molecule is c1ccc(-c2nc(-c3ccccc3)nc(-c3cccc4c(-n5c6ccccc6c6cc7ccccc7cc65)cccc34)n2)cc1. The van der Waals surface area contributed by atoms with Crippen molar-refractivity contribution in [3.8, 4) is 39.9 Å². The number of aromatic nitrogens is 4. The largest absolute Gasteiger partial charge is 0.309 e. The smallest absolute Gasteiger partial charge is 0.164 e. The molecular formula is C41H26N4. The Morgan fingerprint density at radius 3 is 1.64 bits per heavy atom. The highest BCUT2D eigenvalue weighted by Gasteiger charge is 2.18. The monoisotopic (exact) mass is 574 g/mol. The average Bonchev–Trinajstić information content (AvgIpc) is 3.43. The molecule has 0 aliphatic carbocycles. The summed E-state index contributed by atoms with van der Waals surface area (Å²) >= 11 is 0. The van der Waals surface area contributed by atoms with Crippen LogP contribution in [-0.2, 0) is 0 Å². The topological polar surface area (TPSA) is 43.6 Å². The van der Waals surface area contributed by atoms with Crippen LogP contribution in [0.3, 0.4) is 0 Å². The van der Waals surface area contributed by atoms with E-state index >= 15 is 0 Å². The lowest BCUT2D eigenvalue weighted by Gasteiger charge is -2.14. The molecule has 0 aliphatic rings. The maximum atomic E-state index is 5.05. The molecule has 4 nitrogen and oxygen atoms in total. The lowest BCUT2D eigenvalue weighted by molar-refractivity contribution is 1.08. The van der Waals surface area contributed by atoms with Gasteiger partial charge in [-0.3, -0.25) is 0 Å². The van der Waals surface area contributed by atoms with Crippen molar-refractivity contribution >= 4 is 43.4 Å². The van der Waals surface area contributed by atoms with Gasteiger partial charge in [0.2, 0.25) is 0 Å². The Morgan fingerprint density at radius 1 is 0.356 bits per heavy atom. The number of rotatable bonds is 4. The first-order valence-electron chi connectivity index (χ1n) is 15.1. The van der Waals surface area contributed by atoms with Gasteiger partial charge in [0.05, 0.1) is 16.7 Å². The van der Waals surface area contributed by atoms with Crippen LogP contribution in [0.25, 0.3) is 83.2 Å². The van der Waals surface area contributed by atoms with Gasteiger partial charge in [0.15, 0.2) is 17.5 Å². The van der Waals surface area contributed by atoms with Crippen molar-refractivity contribution in [2.75, 3.05) is 0 Å². The first kappa shape index (κ1) is 25.4. The number of hydrogen-bond donors (Lipinski definition) is 0. The maximum Gasteiger partial charge on any atom is 0.164 e. The minimum atomic E-state index is 0.652. The highest BCUT2D eigenvalue weighted by Crippen LogP contribution is 2.38. The third-order valence-corrected chi connectivity index (χ3v) is 8.62. The molecule has 0 amide bonds. The van der Waals surface area contributed by atoms with Crippen molar-refractivity contribution in [1.29, 1.82) is 0 Å². The second-order valence-corrected chi connectivity index (χ2v) is 11.3. The molecule has 2 aromatic heterocycles. The zero-order valence-corrected chi connectivity index (χ0v) is 24.3. The van der Waals surface area contributed by atoms with Crippen molar-refractivity contribution in [1.82, 2.24) is 19.5 Å². The first-order valence-corrected chi connectivity index (χ1v) is 15.1. The lowest BCUT2D eigenvalue weighted by atomic mass is 10.0.